The number of nitrogens with zero attached hydrogens (tertiary/aromatic N) is 4. The molecule has 0 saturated carbocycles. The van der Waals surface area contributed by atoms with Crippen molar-refractivity contribution < 1.29 is 4.74 Å². The zero-order valence-electron chi connectivity index (χ0n) is 16.4. The lowest BCUT2D eigenvalue weighted by molar-refractivity contribution is 0.180. The number of aliphatic imine (C=N–C) groups is 1. The highest BCUT2D eigenvalue weighted by atomic mass is 127. The second-order valence-corrected chi connectivity index (χ2v) is 6.13. The van der Waals surface area contributed by atoms with Gasteiger partial charge in [0.15, 0.2) is 5.96 Å². The van der Waals surface area contributed by atoms with Gasteiger partial charge in [-0.05, 0) is 25.6 Å². The van der Waals surface area contributed by atoms with Gasteiger partial charge in [-0.25, -0.2) is 4.68 Å². The quantitative estimate of drug-likeness (QED) is 0.233. The number of halogens is 1. The lowest BCUT2D eigenvalue weighted by Crippen LogP contribution is -2.40. The van der Waals surface area contributed by atoms with Crippen molar-refractivity contribution in [2.75, 3.05) is 47.4 Å². The van der Waals surface area contributed by atoms with E-state index in [1.165, 1.54) is 0 Å². The van der Waals surface area contributed by atoms with Crippen molar-refractivity contribution in [1.82, 2.24) is 25.3 Å². The third-order valence-corrected chi connectivity index (χ3v) is 4.01. The number of hydrogen-bond acceptors (Lipinski definition) is 4. The van der Waals surface area contributed by atoms with Gasteiger partial charge in [0.05, 0.1) is 11.9 Å². The van der Waals surface area contributed by atoms with E-state index < -0.39 is 0 Å². The van der Waals surface area contributed by atoms with Gasteiger partial charge < -0.3 is 20.3 Å². The molecule has 2 rings (SSSR count). The maximum atomic E-state index is 5.08. The zero-order chi connectivity index (χ0) is 18.6. The summed E-state index contributed by atoms with van der Waals surface area (Å²) in [4.78, 5) is 6.55. The fraction of sp³-hybridized carbons (Fsp3) is 0.474. The second kappa shape index (κ2) is 13.5. The standard InChI is InChI=1S/C19H30N6O.HI/c1-20-19(21-10-12-24(2)11-7-13-26-3)22-14-17-15-23-25(16-17)18-8-5-4-6-9-18;/h4-6,8-9,15-16H,7,10-14H2,1-3H3,(H2,20,21,22);1H. The number of ether oxygens (including phenoxy) is 1. The normalized spacial score (nSPS) is 11.3. The van der Waals surface area contributed by atoms with E-state index in [0.717, 1.165) is 49.9 Å². The molecule has 1 aromatic carbocycles. The van der Waals surface area contributed by atoms with Gasteiger partial charge in [-0.15, -0.1) is 24.0 Å². The van der Waals surface area contributed by atoms with Gasteiger partial charge in [-0.1, -0.05) is 18.2 Å². The molecule has 0 bridgehead atoms. The molecule has 0 unspecified atom stereocenters. The molecule has 0 aliphatic heterocycles. The van der Waals surface area contributed by atoms with Gasteiger partial charge in [0, 0.05) is 58.7 Å². The first kappa shape index (κ1) is 23.4. The van der Waals surface area contributed by atoms with E-state index in [1.807, 2.05) is 47.4 Å². The molecule has 0 saturated heterocycles. The van der Waals surface area contributed by atoms with Crippen LogP contribution in [0.3, 0.4) is 0 Å². The Balaban J connectivity index is 0.00000364. The van der Waals surface area contributed by atoms with Crippen molar-refractivity contribution in [3.8, 4) is 5.69 Å². The van der Waals surface area contributed by atoms with Gasteiger partial charge >= 0.3 is 0 Å². The number of guanidine groups is 1. The maximum absolute atomic E-state index is 5.08. The lowest BCUT2D eigenvalue weighted by Gasteiger charge is -2.18. The van der Waals surface area contributed by atoms with Gasteiger partial charge in [-0.3, -0.25) is 4.99 Å². The van der Waals surface area contributed by atoms with Crippen LogP contribution in [0.2, 0.25) is 0 Å². The largest absolute Gasteiger partial charge is 0.385 e. The lowest BCUT2D eigenvalue weighted by atomic mass is 10.3. The van der Waals surface area contributed by atoms with Crippen molar-refractivity contribution in [3.63, 3.8) is 0 Å². The summed E-state index contributed by atoms with van der Waals surface area (Å²) in [5.74, 6) is 0.794. The molecule has 2 N–H and O–H groups in total. The van der Waals surface area contributed by atoms with E-state index in [-0.39, 0.29) is 24.0 Å². The van der Waals surface area contributed by atoms with Gasteiger partial charge in [-0.2, -0.15) is 5.10 Å². The first-order chi connectivity index (χ1) is 12.7. The Morgan fingerprint density at radius 3 is 2.70 bits per heavy atom. The molecular formula is C19H31IN6O. The summed E-state index contributed by atoms with van der Waals surface area (Å²) in [7, 11) is 5.64. The average molecular weight is 486 g/mol. The number of rotatable bonds is 10. The van der Waals surface area contributed by atoms with Gasteiger partial charge in [0.1, 0.15) is 0 Å². The number of methoxy groups -OCH3 is 1. The van der Waals surface area contributed by atoms with Crippen molar-refractivity contribution in [1.29, 1.82) is 0 Å². The smallest absolute Gasteiger partial charge is 0.191 e. The van der Waals surface area contributed by atoms with E-state index in [9.17, 15) is 0 Å². The summed E-state index contributed by atoms with van der Waals surface area (Å²) >= 11 is 0. The summed E-state index contributed by atoms with van der Waals surface area (Å²) in [6.45, 7) is 4.30. The molecule has 0 fully saturated rings. The third kappa shape index (κ3) is 8.72. The van der Waals surface area contributed by atoms with Crippen LogP contribution >= 0.6 is 24.0 Å². The molecular weight excluding hydrogens is 455 g/mol. The molecule has 0 aliphatic rings. The topological polar surface area (TPSA) is 66.7 Å². The Hall–Kier alpha value is -1.65. The van der Waals surface area contributed by atoms with Crippen LogP contribution in [0.4, 0.5) is 0 Å². The van der Waals surface area contributed by atoms with Gasteiger partial charge in [0.2, 0.25) is 0 Å². The highest BCUT2D eigenvalue weighted by molar-refractivity contribution is 14.0. The molecule has 1 heterocycles. The number of benzene rings is 1. The van der Waals surface area contributed by atoms with E-state index in [0.29, 0.717) is 6.54 Å². The molecule has 1 aromatic heterocycles. The van der Waals surface area contributed by atoms with E-state index >= 15 is 0 Å². The molecule has 7 nitrogen and oxygen atoms in total. The molecule has 0 spiro atoms. The fourth-order valence-electron chi connectivity index (χ4n) is 2.54. The Labute approximate surface area is 179 Å². The summed E-state index contributed by atoms with van der Waals surface area (Å²) in [5, 5.41) is 11.1. The van der Waals surface area contributed by atoms with Crippen molar-refractivity contribution in [2.45, 2.75) is 13.0 Å². The fourth-order valence-corrected chi connectivity index (χ4v) is 2.54. The van der Waals surface area contributed by atoms with Crippen LogP contribution in [-0.2, 0) is 11.3 Å². The monoisotopic (exact) mass is 486 g/mol. The molecule has 8 heteroatoms. The molecule has 0 amide bonds. The third-order valence-electron chi connectivity index (χ3n) is 4.01. The SMILES string of the molecule is CN=C(NCCN(C)CCCOC)NCc1cnn(-c2ccccc2)c1.I. The van der Waals surface area contributed by atoms with Crippen LogP contribution < -0.4 is 10.6 Å². The van der Waals surface area contributed by atoms with E-state index in [1.54, 1.807) is 14.2 Å². The van der Waals surface area contributed by atoms with Crippen LogP contribution in [-0.4, -0.2) is 68.1 Å². The summed E-state index contributed by atoms with van der Waals surface area (Å²) in [5.41, 5.74) is 2.16. The molecule has 0 atom stereocenters. The van der Waals surface area contributed by atoms with Crippen molar-refractivity contribution >= 4 is 29.9 Å². The van der Waals surface area contributed by atoms with E-state index in [2.05, 4.69) is 32.7 Å². The van der Waals surface area contributed by atoms with Crippen molar-refractivity contribution in [3.05, 3.63) is 48.3 Å². The van der Waals surface area contributed by atoms with Crippen LogP contribution in [0.5, 0.6) is 0 Å². The molecule has 0 aliphatic carbocycles. The van der Waals surface area contributed by atoms with Crippen LogP contribution in [0.1, 0.15) is 12.0 Å². The molecule has 2 aromatic rings. The van der Waals surface area contributed by atoms with Crippen LogP contribution in [0.15, 0.2) is 47.7 Å². The minimum atomic E-state index is 0. The first-order valence-corrected chi connectivity index (χ1v) is 8.94. The van der Waals surface area contributed by atoms with Crippen LogP contribution in [0, 0.1) is 0 Å². The predicted octanol–water partition coefficient (Wildman–Crippen LogP) is 2.12. The number of hydrogen-bond donors (Lipinski definition) is 2. The Kier molecular flexibility index (Phi) is 11.7. The first-order valence-electron chi connectivity index (χ1n) is 8.94. The maximum Gasteiger partial charge on any atom is 0.191 e. The summed E-state index contributed by atoms with van der Waals surface area (Å²) < 4.78 is 6.96. The van der Waals surface area contributed by atoms with Gasteiger partial charge in [0.25, 0.3) is 0 Å². The van der Waals surface area contributed by atoms with E-state index in [4.69, 9.17) is 4.74 Å². The number of likely N-dealkylation sites (N-methyl/N-ethyl adjacent to an activating group) is 1. The number of para-hydroxylation sites is 1. The zero-order valence-corrected chi connectivity index (χ0v) is 18.7. The Bertz CT molecular complexity index is 661. The predicted molar refractivity (Wildman–Crippen MR) is 121 cm³/mol. The average Bonchev–Trinajstić information content (AvgIpc) is 3.14. The van der Waals surface area contributed by atoms with Crippen molar-refractivity contribution in [2.24, 2.45) is 4.99 Å². The second-order valence-electron chi connectivity index (χ2n) is 6.13. The summed E-state index contributed by atoms with van der Waals surface area (Å²) in [6, 6.07) is 10.1. The highest BCUT2D eigenvalue weighted by Gasteiger charge is 2.03. The molecule has 27 heavy (non-hydrogen) atoms. The number of nitrogens with one attached hydrogen (secondary N) is 2. The number of aromatic nitrogens is 2. The Morgan fingerprint density at radius 2 is 2.00 bits per heavy atom. The van der Waals surface area contributed by atoms with Crippen LogP contribution in [0.25, 0.3) is 5.69 Å². The summed E-state index contributed by atoms with van der Waals surface area (Å²) in [6.07, 6.45) is 4.95. The minimum Gasteiger partial charge on any atom is -0.385 e. The highest BCUT2D eigenvalue weighted by Crippen LogP contribution is 2.07. The minimum absolute atomic E-state index is 0. The molecule has 0 radical (unpaired) electrons. The Morgan fingerprint density at radius 1 is 1.22 bits per heavy atom. The molecule has 150 valence electrons.